The summed E-state index contributed by atoms with van der Waals surface area (Å²) in [5.41, 5.74) is 0. The molecule has 0 bridgehead atoms. The number of carboxylic acid groups (broad SMARTS) is 1. The van der Waals surface area contributed by atoms with Crippen molar-refractivity contribution in [3.05, 3.63) is 0 Å². The van der Waals surface area contributed by atoms with Crippen molar-refractivity contribution in [1.82, 2.24) is 0 Å². The molecule has 1 atom stereocenters. The maximum absolute atomic E-state index is 11.5. The Morgan fingerprint density at radius 3 is 1.95 bits per heavy atom. The van der Waals surface area contributed by atoms with Crippen molar-refractivity contribution in [2.45, 2.75) is 83.3 Å². The minimum absolute atomic E-state index is 0.145. The van der Waals surface area contributed by atoms with Gasteiger partial charge < -0.3 is 20.1 Å². The van der Waals surface area contributed by atoms with E-state index in [4.69, 9.17) is 14.9 Å². The predicted molar refractivity (Wildman–Crippen MR) is 82.2 cm³/mol. The smallest absolute Gasteiger partial charge is 0.308 e. The fourth-order valence-corrected chi connectivity index (χ4v) is 2.13. The highest BCUT2D eigenvalue weighted by atomic mass is 16.6. The van der Waals surface area contributed by atoms with Crippen molar-refractivity contribution < 1.29 is 29.6 Å². The lowest BCUT2D eigenvalue weighted by Crippen LogP contribution is -2.17. The summed E-state index contributed by atoms with van der Waals surface area (Å²) in [7, 11) is 0. The Balaban J connectivity index is 3.36. The van der Waals surface area contributed by atoms with Gasteiger partial charge in [-0.2, -0.15) is 0 Å². The number of rotatable bonds is 15. The van der Waals surface area contributed by atoms with E-state index in [2.05, 4.69) is 0 Å². The third-order valence-corrected chi connectivity index (χ3v) is 3.40. The second-order valence-electron chi connectivity index (χ2n) is 5.53. The molecule has 130 valence electrons. The first kappa shape index (κ1) is 20.9. The van der Waals surface area contributed by atoms with Crippen LogP contribution < -0.4 is 0 Å². The number of esters is 1. The second-order valence-corrected chi connectivity index (χ2v) is 5.53. The number of carbonyl (C=O) groups excluding carboxylic acids is 1. The lowest BCUT2D eigenvalue weighted by Gasteiger charge is -2.11. The molecular formula is C16H30O6. The fourth-order valence-electron chi connectivity index (χ4n) is 2.13. The van der Waals surface area contributed by atoms with Gasteiger partial charge in [-0.25, -0.2) is 0 Å². The van der Waals surface area contributed by atoms with Gasteiger partial charge >= 0.3 is 11.9 Å². The molecule has 3 N–H and O–H groups in total. The summed E-state index contributed by atoms with van der Waals surface area (Å²) < 4.78 is 4.89. The highest BCUT2D eigenvalue weighted by Crippen LogP contribution is 2.10. The van der Waals surface area contributed by atoms with Crippen molar-refractivity contribution in [1.29, 1.82) is 0 Å². The zero-order valence-electron chi connectivity index (χ0n) is 13.3. The van der Waals surface area contributed by atoms with Crippen molar-refractivity contribution >= 4 is 11.9 Å². The third-order valence-electron chi connectivity index (χ3n) is 3.40. The van der Waals surface area contributed by atoms with Crippen molar-refractivity contribution in [3.8, 4) is 0 Å². The van der Waals surface area contributed by atoms with Crippen LogP contribution in [0.25, 0.3) is 0 Å². The molecule has 0 heterocycles. The minimum atomic E-state index is -1.04. The van der Waals surface area contributed by atoms with Crippen LogP contribution in [0.4, 0.5) is 0 Å². The molecule has 0 saturated heterocycles. The Morgan fingerprint density at radius 2 is 1.36 bits per heavy atom. The molecule has 0 amide bonds. The standard InChI is InChI=1S/C16H30O6/c17-13-9-5-8-12-16(21)22-15(20)11-7-4-2-1-3-6-10-14(18)19/h16-17,21H,1-13H2,(H,18,19). The van der Waals surface area contributed by atoms with Crippen LogP contribution in [0.1, 0.15) is 77.0 Å². The van der Waals surface area contributed by atoms with Crippen molar-refractivity contribution in [2.75, 3.05) is 6.61 Å². The van der Waals surface area contributed by atoms with Gasteiger partial charge in [0.2, 0.25) is 6.29 Å². The number of aliphatic hydroxyl groups excluding tert-OH is 2. The van der Waals surface area contributed by atoms with E-state index in [9.17, 15) is 14.7 Å². The van der Waals surface area contributed by atoms with E-state index in [0.29, 0.717) is 25.7 Å². The van der Waals surface area contributed by atoms with E-state index in [1.165, 1.54) is 0 Å². The topological polar surface area (TPSA) is 104 Å². The van der Waals surface area contributed by atoms with Gasteiger partial charge in [-0.15, -0.1) is 0 Å². The molecule has 0 aliphatic carbocycles. The van der Waals surface area contributed by atoms with Crippen LogP contribution in [-0.4, -0.2) is 40.2 Å². The Kier molecular flexibility index (Phi) is 14.0. The molecule has 0 aliphatic rings. The maximum atomic E-state index is 11.5. The Labute approximate surface area is 132 Å². The molecule has 0 aliphatic heterocycles. The number of ether oxygens (including phenoxy) is 1. The summed E-state index contributed by atoms with van der Waals surface area (Å²) in [4.78, 5) is 21.8. The summed E-state index contributed by atoms with van der Waals surface area (Å²) in [6.07, 6.45) is 7.37. The normalized spacial score (nSPS) is 12.1. The average molecular weight is 318 g/mol. The molecule has 22 heavy (non-hydrogen) atoms. The van der Waals surface area contributed by atoms with Crippen molar-refractivity contribution in [3.63, 3.8) is 0 Å². The van der Waals surface area contributed by atoms with Gasteiger partial charge in [0.1, 0.15) is 0 Å². The molecule has 0 fully saturated rings. The van der Waals surface area contributed by atoms with Gasteiger partial charge in [0.25, 0.3) is 0 Å². The van der Waals surface area contributed by atoms with Gasteiger partial charge in [0, 0.05) is 25.9 Å². The SMILES string of the molecule is O=C(O)CCCCCCCCC(=O)OC(O)CCCCCO. The molecule has 0 radical (unpaired) electrons. The highest BCUT2D eigenvalue weighted by molar-refractivity contribution is 5.69. The number of carbonyl (C=O) groups is 2. The molecule has 0 aromatic heterocycles. The van der Waals surface area contributed by atoms with Crippen LogP contribution in [0.3, 0.4) is 0 Å². The van der Waals surface area contributed by atoms with Gasteiger partial charge in [-0.05, 0) is 25.7 Å². The number of hydrogen-bond acceptors (Lipinski definition) is 5. The lowest BCUT2D eigenvalue weighted by atomic mass is 10.1. The van der Waals surface area contributed by atoms with E-state index >= 15 is 0 Å². The third kappa shape index (κ3) is 15.3. The molecule has 6 nitrogen and oxygen atoms in total. The molecule has 0 rings (SSSR count). The first-order valence-corrected chi connectivity index (χ1v) is 8.26. The summed E-state index contributed by atoms with van der Waals surface area (Å²) in [5, 5.41) is 26.6. The zero-order valence-corrected chi connectivity index (χ0v) is 13.3. The number of hydrogen-bond donors (Lipinski definition) is 3. The van der Waals surface area contributed by atoms with Crippen LogP contribution in [0, 0.1) is 0 Å². The first-order chi connectivity index (χ1) is 10.6. The summed E-state index contributed by atoms with van der Waals surface area (Å²) in [5.74, 6) is -1.13. The fraction of sp³-hybridized carbons (Fsp3) is 0.875. The van der Waals surface area contributed by atoms with Gasteiger partial charge in [0.15, 0.2) is 0 Å². The predicted octanol–water partition coefficient (Wildman–Crippen LogP) is 2.61. The zero-order chi connectivity index (χ0) is 16.6. The molecular weight excluding hydrogens is 288 g/mol. The van der Waals surface area contributed by atoms with Gasteiger partial charge in [0.05, 0.1) is 0 Å². The first-order valence-electron chi connectivity index (χ1n) is 8.26. The largest absolute Gasteiger partial charge is 0.481 e. The van der Waals surface area contributed by atoms with Gasteiger partial charge in [-0.3, -0.25) is 9.59 Å². The summed E-state index contributed by atoms with van der Waals surface area (Å²) in [6.45, 7) is 0.145. The molecule has 0 spiro atoms. The number of aliphatic carboxylic acids is 1. The van der Waals surface area contributed by atoms with Crippen LogP contribution in [0.5, 0.6) is 0 Å². The quantitative estimate of drug-likeness (QED) is 0.243. The molecule has 0 aromatic rings. The van der Waals surface area contributed by atoms with Crippen LogP contribution in [-0.2, 0) is 14.3 Å². The Bertz CT molecular complexity index is 292. The van der Waals surface area contributed by atoms with Gasteiger partial charge in [-0.1, -0.05) is 32.1 Å². The second kappa shape index (κ2) is 14.8. The van der Waals surface area contributed by atoms with E-state index < -0.39 is 12.3 Å². The molecule has 0 aromatic carbocycles. The van der Waals surface area contributed by atoms with Crippen LogP contribution in [0.2, 0.25) is 0 Å². The Morgan fingerprint density at radius 1 is 0.818 bits per heavy atom. The maximum Gasteiger partial charge on any atom is 0.308 e. The van der Waals surface area contributed by atoms with E-state index in [-0.39, 0.29) is 19.0 Å². The Hall–Kier alpha value is -1.14. The van der Waals surface area contributed by atoms with E-state index in [0.717, 1.165) is 44.9 Å². The summed E-state index contributed by atoms with van der Waals surface area (Å²) in [6, 6.07) is 0. The monoisotopic (exact) mass is 318 g/mol. The number of unbranched alkanes of at least 4 members (excludes halogenated alkanes) is 7. The minimum Gasteiger partial charge on any atom is -0.481 e. The van der Waals surface area contributed by atoms with E-state index in [1.807, 2.05) is 0 Å². The van der Waals surface area contributed by atoms with Crippen molar-refractivity contribution in [2.24, 2.45) is 0 Å². The van der Waals surface area contributed by atoms with Crippen LogP contribution in [0.15, 0.2) is 0 Å². The van der Waals surface area contributed by atoms with Crippen LogP contribution >= 0.6 is 0 Å². The highest BCUT2D eigenvalue weighted by Gasteiger charge is 2.10. The molecule has 0 saturated carbocycles. The molecule has 6 heteroatoms. The number of aliphatic hydroxyl groups is 2. The number of carboxylic acids is 1. The average Bonchev–Trinajstić information content (AvgIpc) is 2.46. The lowest BCUT2D eigenvalue weighted by molar-refractivity contribution is -0.169. The van der Waals surface area contributed by atoms with E-state index in [1.54, 1.807) is 0 Å². The molecule has 1 unspecified atom stereocenters. The summed E-state index contributed by atoms with van der Waals surface area (Å²) >= 11 is 0.